The van der Waals surface area contributed by atoms with Crippen LogP contribution in [0.25, 0.3) is 0 Å². The molecule has 0 amide bonds. The highest BCUT2D eigenvalue weighted by Crippen LogP contribution is 2.32. The molecular formula is C16H18N2O3. The highest BCUT2D eigenvalue weighted by molar-refractivity contribution is 5.50. The van der Waals surface area contributed by atoms with Gasteiger partial charge in [0, 0.05) is 12.6 Å². The van der Waals surface area contributed by atoms with Gasteiger partial charge in [-0.1, -0.05) is 12.1 Å². The van der Waals surface area contributed by atoms with Gasteiger partial charge < -0.3 is 10.1 Å². The maximum absolute atomic E-state index is 11.0. The summed E-state index contributed by atoms with van der Waals surface area (Å²) in [5.41, 5.74) is 3.14. The summed E-state index contributed by atoms with van der Waals surface area (Å²) in [6.45, 7) is 4.64. The Labute approximate surface area is 123 Å². The predicted octanol–water partition coefficient (Wildman–Crippen LogP) is 3.72. The lowest BCUT2D eigenvalue weighted by Gasteiger charge is -2.10. The van der Waals surface area contributed by atoms with Gasteiger partial charge in [0.2, 0.25) is 5.75 Å². The van der Waals surface area contributed by atoms with E-state index in [2.05, 4.69) is 5.32 Å². The molecule has 2 aromatic carbocycles. The molecule has 0 saturated heterocycles. The fraction of sp³-hybridized carbons (Fsp3) is 0.250. The van der Waals surface area contributed by atoms with Crippen LogP contribution in [0.5, 0.6) is 11.5 Å². The quantitative estimate of drug-likeness (QED) is 0.672. The number of hydrogen-bond acceptors (Lipinski definition) is 4. The molecule has 5 heteroatoms. The van der Waals surface area contributed by atoms with E-state index < -0.39 is 4.92 Å². The van der Waals surface area contributed by atoms with E-state index >= 15 is 0 Å². The third kappa shape index (κ3) is 3.58. The third-order valence-corrected chi connectivity index (χ3v) is 3.22. The average Bonchev–Trinajstić information content (AvgIpc) is 2.42. The first-order valence-corrected chi connectivity index (χ1v) is 6.68. The van der Waals surface area contributed by atoms with E-state index in [1.165, 1.54) is 11.6 Å². The van der Waals surface area contributed by atoms with Crippen LogP contribution < -0.4 is 10.1 Å². The summed E-state index contributed by atoms with van der Waals surface area (Å²) < 4.78 is 5.70. The van der Waals surface area contributed by atoms with Crippen molar-refractivity contribution in [3.8, 4) is 11.5 Å². The molecule has 2 aromatic rings. The molecule has 0 fully saturated rings. The Morgan fingerprint density at radius 1 is 1.19 bits per heavy atom. The van der Waals surface area contributed by atoms with Crippen molar-refractivity contribution in [3.63, 3.8) is 0 Å². The smallest absolute Gasteiger partial charge is 0.311 e. The second kappa shape index (κ2) is 6.37. The number of hydrogen-bond donors (Lipinski definition) is 1. The summed E-state index contributed by atoms with van der Waals surface area (Å²) in [5.74, 6) is 0.863. The molecule has 0 aliphatic heterocycles. The average molecular weight is 286 g/mol. The van der Waals surface area contributed by atoms with E-state index in [9.17, 15) is 10.1 Å². The van der Waals surface area contributed by atoms with Crippen LogP contribution in [-0.4, -0.2) is 12.0 Å². The van der Waals surface area contributed by atoms with Crippen molar-refractivity contribution >= 4 is 5.69 Å². The molecular weight excluding hydrogens is 268 g/mol. The Morgan fingerprint density at radius 3 is 2.57 bits per heavy atom. The Kier molecular flexibility index (Phi) is 4.55. The standard InChI is InChI=1S/C16H18N2O3/c1-11-4-7-15(18(19)20)16(8-11)21-14-6-5-13(10-17-3)12(2)9-14/h4-9,17H,10H2,1-3H3. The van der Waals surface area contributed by atoms with Crippen LogP contribution in [-0.2, 0) is 6.54 Å². The zero-order valence-electron chi connectivity index (χ0n) is 12.3. The summed E-state index contributed by atoms with van der Waals surface area (Å²) in [4.78, 5) is 10.6. The number of benzene rings is 2. The van der Waals surface area contributed by atoms with E-state index in [-0.39, 0.29) is 11.4 Å². The number of nitro benzene ring substituents is 1. The molecule has 0 atom stereocenters. The van der Waals surface area contributed by atoms with Gasteiger partial charge in [-0.2, -0.15) is 0 Å². The SMILES string of the molecule is CNCc1ccc(Oc2cc(C)ccc2[N+](=O)[O-])cc1C. The minimum absolute atomic E-state index is 0.0300. The fourth-order valence-electron chi connectivity index (χ4n) is 2.10. The van der Waals surface area contributed by atoms with E-state index in [0.717, 1.165) is 17.7 Å². The molecule has 0 saturated carbocycles. The monoisotopic (exact) mass is 286 g/mol. The van der Waals surface area contributed by atoms with Gasteiger partial charge in [-0.05, 0) is 55.8 Å². The molecule has 0 radical (unpaired) electrons. The van der Waals surface area contributed by atoms with Gasteiger partial charge in [-0.3, -0.25) is 10.1 Å². The number of rotatable bonds is 5. The van der Waals surface area contributed by atoms with Crippen LogP contribution in [0.4, 0.5) is 5.69 Å². The predicted molar refractivity (Wildman–Crippen MR) is 81.9 cm³/mol. The van der Waals surface area contributed by atoms with Crippen LogP contribution in [0.1, 0.15) is 16.7 Å². The Bertz CT molecular complexity index is 669. The molecule has 0 spiro atoms. The lowest BCUT2D eigenvalue weighted by Crippen LogP contribution is -2.06. The summed E-state index contributed by atoms with van der Waals surface area (Å²) >= 11 is 0. The third-order valence-electron chi connectivity index (χ3n) is 3.22. The number of aryl methyl sites for hydroxylation is 2. The Balaban J connectivity index is 2.32. The number of ether oxygens (including phenoxy) is 1. The van der Waals surface area contributed by atoms with Crippen LogP contribution in [0.3, 0.4) is 0 Å². The minimum atomic E-state index is -0.434. The summed E-state index contributed by atoms with van der Waals surface area (Å²) in [6, 6.07) is 10.5. The van der Waals surface area contributed by atoms with Gasteiger partial charge >= 0.3 is 5.69 Å². The summed E-state index contributed by atoms with van der Waals surface area (Å²) in [6.07, 6.45) is 0. The van der Waals surface area contributed by atoms with Gasteiger partial charge in [-0.25, -0.2) is 0 Å². The number of nitrogens with zero attached hydrogens (tertiary/aromatic N) is 1. The number of nitro groups is 1. The summed E-state index contributed by atoms with van der Waals surface area (Å²) in [5, 5.41) is 14.1. The summed E-state index contributed by atoms with van der Waals surface area (Å²) in [7, 11) is 1.89. The minimum Gasteiger partial charge on any atom is -0.450 e. The van der Waals surface area contributed by atoms with Crippen molar-refractivity contribution in [2.45, 2.75) is 20.4 Å². The van der Waals surface area contributed by atoms with Gasteiger partial charge in [0.25, 0.3) is 0 Å². The van der Waals surface area contributed by atoms with Crippen molar-refractivity contribution in [2.24, 2.45) is 0 Å². The zero-order chi connectivity index (χ0) is 15.4. The molecule has 110 valence electrons. The van der Waals surface area contributed by atoms with Crippen molar-refractivity contribution in [3.05, 3.63) is 63.2 Å². The topological polar surface area (TPSA) is 64.4 Å². The first-order chi connectivity index (χ1) is 10.0. The van der Waals surface area contributed by atoms with Crippen LogP contribution in [0.15, 0.2) is 36.4 Å². The van der Waals surface area contributed by atoms with Crippen molar-refractivity contribution < 1.29 is 9.66 Å². The molecule has 0 heterocycles. The van der Waals surface area contributed by atoms with Gasteiger partial charge in [0.05, 0.1) is 4.92 Å². The van der Waals surface area contributed by atoms with E-state index in [0.29, 0.717) is 5.75 Å². The van der Waals surface area contributed by atoms with Crippen molar-refractivity contribution in [1.82, 2.24) is 5.32 Å². The largest absolute Gasteiger partial charge is 0.450 e. The molecule has 0 aliphatic rings. The highest BCUT2D eigenvalue weighted by atomic mass is 16.6. The molecule has 2 rings (SSSR count). The second-order valence-electron chi connectivity index (χ2n) is 4.95. The van der Waals surface area contributed by atoms with Gasteiger partial charge in [-0.15, -0.1) is 0 Å². The van der Waals surface area contributed by atoms with Crippen LogP contribution in [0, 0.1) is 24.0 Å². The first-order valence-electron chi connectivity index (χ1n) is 6.68. The van der Waals surface area contributed by atoms with E-state index in [4.69, 9.17) is 4.74 Å². The normalized spacial score (nSPS) is 10.4. The molecule has 5 nitrogen and oxygen atoms in total. The van der Waals surface area contributed by atoms with Gasteiger partial charge in [0.15, 0.2) is 0 Å². The maximum atomic E-state index is 11.0. The van der Waals surface area contributed by atoms with Crippen molar-refractivity contribution in [2.75, 3.05) is 7.05 Å². The molecule has 0 aromatic heterocycles. The van der Waals surface area contributed by atoms with Crippen LogP contribution in [0.2, 0.25) is 0 Å². The second-order valence-corrected chi connectivity index (χ2v) is 4.95. The lowest BCUT2D eigenvalue weighted by molar-refractivity contribution is -0.385. The van der Waals surface area contributed by atoms with Crippen molar-refractivity contribution in [1.29, 1.82) is 0 Å². The number of nitrogens with one attached hydrogen (secondary N) is 1. The Hall–Kier alpha value is -2.40. The lowest BCUT2D eigenvalue weighted by atomic mass is 10.1. The molecule has 0 bridgehead atoms. The molecule has 21 heavy (non-hydrogen) atoms. The Morgan fingerprint density at radius 2 is 1.95 bits per heavy atom. The maximum Gasteiger partial charge on any atom is 0.311 e. The fourth-order valence-corrected chi connectivity index (χ4v) is 2.10. The van der Waals surface area contributed by atoms with E-state index in [1.807, 2.05) is 39.1 Å². The molecule has 1 N–H and O–H groups in total. The molecule has 0 aliphatic carbocycles. The zero-order valence-corrected chi connectivity index (χ0v) is 12.3. The highest BCUT2D eigenvalue weighted by Gasteiger charge is 2.15. The van der Waals surface area contributed by atoms with Crippen LogP contribution >= 0.6 is 0 Å². The van der Waals surface area contributed by atoms with Gasteiger partial charge in [0.1, 0.15) is 5.75 Å². The first kappa shape index (κ1) is 15.0. The molecule has 0 unspecified atom stereocenters. The van der Waals surface area contributed by atoms with E-state index in [1.54, 1.807) is 12.1 Å².